The third-order valence-electron chi connectivity index (χ3n) is 5.84. The van der Waals surface area contributed by atoms with Gasteiger partial charge in [-0.05, 0) is 38.2 Å². The number of likely N-dealkylation sites (N-methyl/N-ethyl adjacent to an activating group) is 1. The largest absolute Gasteiger partial charge is 0.495 e. The molecule has 0 unspecified atom stereocenters. The molecule has 0 saturated heterocycles. The number of carbonyl (C=O) groups is 2. The van der Waals surface area contributed by atoms with Crippen molar-refractivity contribution in [2.45, 2.75) is 19.5 Å². The van der Waals surface area contributed by atoms with Gasteiger partial charge in [-0.1, -0.05) is 19.1 Å². The van der Waals surface area contributed by atoms with Crippen LogP contribution in [0.3, 0.4) is 0 Å². The predicted octanol–water partition coefficient (Wildman–Crippen LogP) is 4.39. The van der Waals surface area contributed by atoms with E-state index < -0.39 is 35.3 Å². The monoisotopic (exact) mass is 578 g/mol. The number of hydrogen-bond donors (Lipinski definition) is 3. The van der Waals surface area contributed by atoms with Crippen molar-refractivity contribution in [3.63, 3.8) is 0 Å². The number of nitrogens with zero attached hydrogens (tertiary/aromatic N) is 3. The quantitative estimate of drug-likeness (QED) is 0.287. The summed E-state index contributed by atoms with van der Waals surface area (Å²) in [4.78, 5) is 34.4. The van der Waals surface area contributed by atoms with Crippen molar-refractivity contribution in [2.75, 3.05) is 46.7 Å². The van der Waals surface area contributed by atoms with Crippen molar-refractivity contribution >= 4 is 23.5 Å². The van der Waals surface area contributed by atoms with Crippen LogP contribution in [0.2, 0.25) is 0 Å². The van der Waals surface area contributed by atoms with Crippen LogP contribution in [0.15, 0.2) is 36.5 Å². The number of halogens is 4. The van der Waals surface area contributed by atoms with Gasteiger partial charge < -0.3 is 30.3 Å². The molecule has 10 nitrogen and oxygen atoms in total. The van der Waals surface area contributed by atoms with Crippen molar-refractivity contribution in [2.24, 2.45) is 0 Å². The predicted molar refractivity (Wildman–Crippen MR) is 143 cm³/mol. The number of hydrogen-bond acceptors (Lipinski definition) is 8. The zero-order chi connectivity index (χ0) is 30.3. The SMILES string of the molecule is CCc1cccc(Oc2nc(Nc3cc(F)c(C(=O)NCCN(C)C)cc3OC)ncc2C(F)(F)F)c1C(=O)NC. The highest BCUT2D eigenvalue weighted by Crippen LogP contribution is 2.39. The minimum Gasteiger partial charge on any atom is -0.495 e. The molecule has 220 valence electrons. The molecule has 0 aliphatic heterocycles. The molecule has 2 aromatic carbocycles. The first kappa shape index (κ1) is 31.1. The molecular formula is C27H30F4N6O4. The third-order valence-corrected chi connectivity index (χ3v) is 5.84. The van der Waals surface area contributed by atoms with Crippen LogP contribution in [0.5, 0.6) is 17.4 Å². The van der Waals surface area contributed by atoms with Crippen LogP contribution < -0.4 is 25.4 Å². The molecule has 0 saturated carbocycles. The van der Waals surface area contributed by atoms with Gasteiger partial charge in [0, 0.05) is 32.4 Å². The van der Waals surface area contributed by atoms with Crippen LogP contribution in [-0.2, 0) is 12.6 Å². The molecule has 0 radical (unpaired) electrons. The maximum absolute atomic E-state index is 14.9. The Morgan fingerprint density at radius 3 is 2.44 bits per heavy atom. The Bertz CT molecular complexity index is 1420. The molecule has 3 N–H and O–H groups in total. The number of nitrogens with one attached hydrogen (secondary N) is 3. The summed E-state index contributed by atoms with van der Waals surface area (Å²) < 4.78 is 67.2. The van der Waals surface area contributed by atoms with Gasteiger partial charge in [0.25, 0.3) is 11.8 Å². The summed E-state index contributed by atoms with van der Waals surface area (Å²) in [6.45, 7) is 2.59. The number of ether oxygens (including phenoxy) is 2. The van der Waals surface area contributed by atoms with Crippen LogP contribution in [0.4, 0.5) is 29.2 Å². The Morgan fingerprint density at radius 1 is 1.10 bits per heavy atom. The summed E-state index contributed by atoms with van der Waals surface area (Å²) in [6.07, 6.45) is -3.98. The highest BCUT2D eigenvalue weighted by Gasteiger charge is 2.37. The van der Waals surface area contributed by atoms with E-state index in [0.717, 1.165) is 12.1 Å². The molecular weight excluding hydrogens is 548 g/mol. The van der Waals surface area contributed by atoms with Gasteiger partial charge in [-0.3, -0.25) is 9.59 Å². The fraction of sp³-hybridized carbons (Fsp3) is 0.333. The topological polar surface area (TPSA) is 118 Å². The lowest BCUT2D eigenvalue weighted by Gasteiger charge is -2.17. The Morgan fingerprint density at radius 2 is 1.83 bits per heavy atom. The molecule has 0 bridgehead atoms. The van der Waals surface area contributed by atoms with Crippen molar-refractivity contribution in [1.29, 1.82) is 0 Å². The first-order chi connectivity index (χ1) is 19.4. The molecule has 1 aromatic heterocycles. The van der Waals surface area contributed by atoms with Crippen molar-refractivity contribution in [3.8, 4) is 17.4 Å². The Hall–Kier alpha value is -4.46. The standard InChI is InChI=1S/C27H30F4N6O4/c1-6-15-8-7-9-20(22(15)24(39)32-2)41-25-17(27(29,30)31)14-34-26(36-25)35-19-13-18(28)16(12-21(19)40-5)23(38)33-10-11-37(3)4/h7-9,12-14H,6,10-11H2,1-5H3,(H,32,39)(H,33,38)(H,34,35,36). The molecule has 14 heteroatoms. The molecule has 0 atom stereocenters. The maximum Gasteiger partial charge on any atom is 0.423 e. The van der Waals surface area contributed by atoms with E-state index in [4.69, 9.17) is 9.47 Å². The van der Waals surface area contributed by atoms with E-state index in [0.29, 0.717) is 24.7 Å². The van der Waals surface area contributed by atoms with E-state index >= 15 is 0 Å². The van der Waals surface area contributed by atoms with E-state index in [9.17, 15) is 27.2 Å². The van der Waals surface area contributed by atoms with E-state index in [1.165, 1.54) is 20.2 Å². The summed E-state index contributed by atoms with van der Waals surface area (Å²) in [5.74, 6) is -3.54. The van der Waals surface area contributed by atoms with Gasteiger partial charge >= 0.3 is 6.18 Å². The van der Waals surface area contributed by atoms with Crippen molar-refractivity contribution in [3.05, 3.63) is 64.6 Å². The summed E-state index contributed by atoms with van der Waals surface area (Å²) in [5.41, 5.74) is -1.04. The fourth-order valence-corrected chi connectivity index (χ4v) is 3.74. The highest BCUT2D eigenvalue weighted by atomic mass is 19.4. The van der Waals surface area contributed by atoms with Crippen LogP contribution in [0.1, 0.15) is 38.8 Å². The summed E-state index contributed by atoms with van der Waals surface area (Å²) in [5, 5.41) is 7.66. The lowest BCUT2D eigenvalue weighted by atomic mass is 10.0. The average molecular weight is 579 g/mol. The summed E-state index contributed by atoms with van der Waals surface area (Å²) in [7, 11) is 6.30. The van der Waals surface area contributed by atoms with Crippen LogP contribution in [0, 0.1) is 5.82 Å². The number of rotatable bonds is 11. The lowest BCUT2D eigenvalue weighted by molar-refractivity contribution is -0.139. The number of carbonyl (C=O) groups excluding carboxylic acids is 2. The van der Waals surface area contributed by atoms with E-state index in [2.05, 4.69) is 25.9 Å². The number of alkyl halides is 3. The normalized spacial score (nSPS) is 11.3. The molecule has 0 spiro atoms. The first-order valence-corrected chi connectivity index (χ1v) is 12.4. The number of aryl methyl sites for hydroxylation is 1. The Kier molecular flexibility index (Phi) is 10.1. The first-order valence-electron chi connectivity index (χ1n) is 12.4. The second-order valence-corrected chi connectivity index (χ2v) is 8.95. The number of methoxy groups -OCH3 is 1. The fourth-order valence-electron chi connectivity index (χ4n) is 3.74. The van der Waals surface area contributed by atoms with Gasteiger partial charge in [0.2, 0.25) is 11.8 Å². The van der Waals surface area contributed by atoms with E-state index in [1.807, 2.05) is 19.0 Å². The molecule has 1 heterocycles. The van der Waals surface area contributed by atoms with Gasteiger partial charge in [0.1, 0.15) is 22.9 Å². The van der Waals surface area contributed by atoms with Crippen molar-refractivity contribution in [1.82, 2.24) is 25.5 Å². The van der Waals surface area contributed by atoms with Gasteiger partial charge in [-0.2, -0.15) is 18.2 Å². The Labute approximate surface area is 234 Å². The highest BCUT2D eigenvalue weighted by molar-refractivity contribution is 5.98. The molecule has 0 aliphatic carbocycles. The second kappa shape index (κ2) is 13.3. The smallest absolute Gasteiger partial charge is 0.423 e. The average Bonchev–Trinajstić information content (AvgIpc) is 2.91. The molecule has 0 fully saturated rings. The van der Waals surface area contributed by atoms with Gasteiger partial charge in [-0.15, -0.1) is 0 Å². The Balaban J connectivity index is 1.99. The van der Waals surface area contributed by atoms with Gasteiger partial charge in [-0.25, -0.2) is 9.37 Å². The number of amides is 2. The summed E-state index contributed by atoms with van der Waals surface area (Å²) in [6, 6.07) is 6.63. The molecule has 3 aromatic rings. The number of benzene rings is 2. The van der Waals surface area contributed by atoms with E-state index in [-0.39, 0.29) is 40.8 Å². The van der Waals surface area contributed by atoms with Crippen LogP contribution in [0.25, 0.3) is 0 Å². The molecule has 41 heavy (non-hydrogen) atoms. The van der Waals surface area contributed by atoms with Gasteiger partial charge in [0.05, 0.1) is 23.9 Å². The maximum atomic E-state index is 14.9. The molecule has 2 amide bonds. The van der Waals surface area contributed by atoms with Gasteiger partial charge in [0.15, 0.2) is 0 Å². The lowest BCUT2D eigenvalue weighted by Crippen LogP contribution is -2.31. The summed E-state index contributed by atoms with van der Waals surface area (Å²) >= 11 is 0. The number of anilines is 2. The minimum atomic E-state index is -4.89. The zero-order valence-corrected chi connectivity index (χ0v) is 23.1. The van der Waals surface area contributed by atoms with Crippen LogP contribution >= 0.6 is 0 Å². The minimum absolute atomic E-state index is 0.00711. The van der Waals surface area contributed by atoms with Crippen molar-refractivity contribution < 1.29 is 36.6 Å². The number of aromatic nitrogens is 2. The zero-order valence-electron chi connectivity index (χ0n) is 23.1. The molecule has 3 rings (SSSR count). The molecule has 0 aliphatic rings. The second-order valence-electron chi connectivity index (χ2n) is 8.95. The third kappa shape index (κ3) is 7.60. The van der Waals surface area contributed by atoms with Crippen LogP contribution in [-0.4, -0.2) is 68.0 Å². The van der Waals surface area contributed by atoms with E-state index in [1.54, 1.807) is 19.1 Å².